The van der Waals surface area contributed by atoms with Crippen LogP contribution in [0.15, 0.2) is 0 Å². The molecule has 1 N–H and O–H groups in total. The number of carbonyl (C=O) groups excluding carboxylic acids is 1. The van der Waals surface area contributed by atoms with Gasteiger partial charge in [-0.3, -0.25) is 4.79 Å². The molecule has 0 unspecified atom stereocenters. The molecule has 19 heavy (non-hydrogen) atoms. The first-order valence-corrected chi connectivity index (χ1v) is 7.60. The molecule has 0 aliphatic heterocycles. The zero-order chi connectivity index (χ0) is 13.8. The minimum absolute atomic E-state index is 0.0677. The van der Waals surface area contributed by atoms with Crippen molar-refractivity contribution < 1.29 is 4.79 Å². The maximum absolute atomic E-state index is 12.2. The van der Waals surface area contributed by atoms with Crippen molar-refractivity contribution in [2.75, 3.05) is 20.6 Å². The molecule has 2 atom stereocenters. The number of carbonyl (C=O) groups is 1. The molecule has 0 radical (unpaired) electrons. The Kier molecular flexibility index (Phi) is 4.87. The smallest absolute Gasteiger partial charge is 0.273 e. The molecule has 1 aliphatic carbocycles. The van der Waals surface area contributed by atoms with E-state index in [1.165, 1.54) is 30.8 Å². The van der Waals surface area contributed by atoms with Crippen LogP contribution in [0.2, 0.25) is 0 Å². The van der Waals surface area contributed by atoms with Crippen LogP contribution in [0, 0.1) is 12.8 Å². The van der Waals surface area contributed by atoms with Crippen LogP contribution in [0.1, 0.15) is 41.0 Å². The molecular weight excluding hydrogens is 260 g/mol. The van der Waals surface area contributed by atoms with Crippen molar-refractivity contribution in [3.63, 3.8) is 0 Å². The maximum Gasteiger partial charge on any atom is 0.273 e. The van der Waals surface area contributed by atoms with E-state index in [-0.39, 0.29) is 11.9 Å². The van der Waals surface area contributed by atoms with Gasteiger partial charge in [0.15, 0.2) is 5.69 Å². The molecule has 0 saturated heterocycles. The van der Waals surface area contributed by atoms with Gasteiger partial charge in [-0.15, -0.1) is 5.10 Å². The molecule has 1 fully saturated rings. The maximum atomic E-state index is 12.2. The van der Waals surface area contributed by atoms with Crippen molar-refractivity contribution in [1.29, 1.82) is 0 Å². The fraction of sp³-hybridized carbons (Fsp3) is 0.769. The second kappa shape index (κ2) is 6.43. The summed E-state index contributed by atoms with van der Waals surface area (Å²) >= 11 is 1.28. The first-order valence-electron chi connectivity index (χ1n) is 6.82. The first kappa shape index (κ1) is 14.4. The highest BCUT2D eigenvalue weighted by Crippen LogP contribution is 2.25. The molecule has 1 saturated carbocycles. The zero-order valence-corrected chi connectivity index (χ0v) is 12.7. The number of hydrogen-bond donors (Lipinski definition) is 1. The predicted molar refractivity (Wildman–Crippen MR) is 76.4 cm³/mol. The average molecular weight is 282 g/mol. The van der Waals surface area contributed by atoms with Crippen molar-refractivity contribution in [3.8, 4) is 0 Å². The molecule has 1 aromatic rings. The number of amides is 1. The minimum Gasteiger partial charge on any atom is -0.348 e. The SMILES string of the molecule is Cc1snnc1C(=O)N[C@@H]1CCCC[C@H]1CN(C)C. The summed E-state index contributed by atoms with van der Waals surface area (Å²) in [7, 11) is 4.17. The highest BCUT2D eigenvalue weighted by Gasteiger charge is 2.28. The summed E-state index contributed by atoms with van der Waals surface area (Å²) in [5.74, 6) is 0.474. The van der Waals surface area contributed by atoms with Gasteiger partial charge in [-0.25, -0.2) is 0 Å². The van der Waals surface area contributed by atoms with Crippen molar-refractivity contribution in [2.45, 2.75) is 38.6 Å². The molecule has 0 spiro atoms. The summed E-state index contributed by atoms with van der Waals surface area (Å²) in [4.78, 5) is 15.3. The van der Waals surface area contributed by atoms with Crippen molar-refractivity contribution in [3.05, 3.63) is 10.6 Å². The summed E-state index contributed by atoms with van der Waals surface area (Å²) in [6.07, 6.45) is 4.73. The lowest BCUT2D eigenvalue weighted by molar-refractivity contribution is 0.0889. The van der Waals surface area contributed by atoms with Gasteiger partial charge in [-0.05, 0) is 51.3 Å². The highest BCUT2D eigenvalue weighted by molar-refractivity contribution is 7.05. The number of hydrogen-bond acceptors (Lipinski definition) is 5. The van der Waals surface area contributed by atoms with E-state index in [1.807, 2.05) is 6.92 Å². The Hall–Kier alpha value is -1.01. The van der Waals surface area contributed by atoms with E-state index in [1.54, 1.807) is 0 Å². The topological polar surface area (TPSA) is 58.1 Å². The standard InChI is InChI=1S/C13H22N4OS/c1-9-12(15-16-19-9)13(18)14-11-7-5-4-6-10(11)8-17(2)3/h10-11H,4-8H2,1-3H3,(H,14,18)/t10-,11+/m0/s1. The number of nitrogens with zero attached hydrogens (tertiary/aromatic N) is 3. The predicted octanol–water partition coefficient (Wildman–Crippen LogP) is 1.70. The quantitative estimate of drug-likeness (QED) is 0.913. The van der Waals surface area contributed by atoms with Gasteiger partial charge in [-0.2, -0.15) is 0 Å². The second-order valence-electron chi connectivity index (χ2n) is 5.56. The Labute approximate surface area is 118 Å². The normalized spacial score (nSPS) is 23.6. The van der Waals surface area contributed by atoms with Gasteiger partial charge >= 0.3 is 0 Å². The number of aromatic nitrogens is 2. The fourth-order valence-corrected chi connectivity index (χ4v) is 3.23. The summed E-state index contributed by atoms with van der Waals surface area (Å²) in [6, 6.07) is 0.268. The van der Waals surface area contributed by atoms with E-state index in [9.17, 15) is 4.79 Å². The van der Waals surface area contributed by atoms with Gasteiger partial charge < -0.3 is 10.2 Å². The summed E-state index contributed by atoms with van der Waals surface area (Å²) in [5.41, 5.74) is 0.485. The fourth-order valence-electron chi connectivity index (χ4n) is 2.76. The Morgan fingerprint density at radius 1 is 1.42 bits per heavy atom. The Morgan fingerprint density at radius 3 is 2.79 bits per heavy atom. The van der Waals surface area contributed by atoms with Crippen LogP contribution >= 0.6 is 11.5 Å². The van der Waals surface area contributed by atoms with E-state index >= 15 is 0 Å². The third-order valence-corrected chi connectivity index (χ3v) is 4.32. The molecule has 0 aromatic carbocycles. The lowest BCUT2D eigenvalue weighted by atomic mass is 9.84. The molecule has 1 amide bonds. The number of aryl methyl sites for hydroxylation is 1. The molecule has 1 heterocycles. The highest BCUT2D eigenvalue weighted by atomic mass is 32.1. The third-order valence-electron chi connectivity index (χ3n) is 3.69. The van der Waals surface area contributed by atoms with E-state index in [4.69, 9.17) is 0 Å². The molecule has 5 nitrogen and oxygen atoms in total. The summed E-state index contributed by atoms with van der Waals surface area (Å²) < 4.78 is 3.83. The van der Waals surface area contributed by atoms with Crippen LogP contribution in [0.3, 0.4) is 0 Å². The van der Waals surface area contributed by atoms with Gasteiger partial charge in [0.2, 0.25) is 0 Å². The Morgan fingerprint density at radius 2 is 2.16 bits per heavy atom. The van der Waals surface area contributed by atoms with Crippen LogP contribution in [0.5, 0.6) is 0 Å². The monoisotopic (exact) mass is 282 g/mol. The molecule has 1 aromatic heterocycles. The van der Waals surface area contributed by atoms with Crippen LogP contribution in [-0.4, -0.2) is 47.1 Å². The van der Waals surface area contributed by atoms with E-state index < -0.39 is 0 Å². The van der Waals surface area contributed by atoms with E-state index in [0.29, 0.717) is 11.6 Å². The Bertz CT molecular complexity index is 432. The van der Waals surface area contributed by atoms with Crippen molar-refractivity contribution in [1.82, 2.24) is 19.8 Å². The van der Waals surface area contributed by atoms with Gasteiger partial charge in [0.1, 0.15) is 0 Å². The van der Waals surface area contributed by atoms with Crippen molar-refractivity contribution >= 4 is 17.4 Å². The van der Waals surface area contributed by atoms with Gasteiger partial charge in [0.05, 0.1) is 4.88 Å². The molecule has 6 heteroatoms. The van der Waals surface area contributed by atoms with E-state index in [0.717, 1.165) is 17.8 Å². The average Bonchev–Trinajstić information content (AvgIpc) is 2.77. The summed E-state index contributed by atoms with van der Waals surface area (Å²) in [6.45, 7) is 2.91. The Balaban J connectivity index is 1.99. The minimum atomic E-state index is -0.0677. The lowest BCUT2D eigenvalue weighted by Crippen LogP contribution is -2.45. The van der Waals surface area contributed by atoms with E-state index in [2.05, 4.69) is 33.9 Å². The van der Waals surface area contributed by atoms with Gasteiger partial charge in [0.25, 0.3) is 5.91 Å². The third kappa shape index (κ3) is 3.73. The zero-order valence-electron chi connectivity index (χ0n) is 11.8. The van der Waals surface area contributed by atoms with Gasteiger partial charge in [-0.1, -0.05) is 17.3 Å². The lowest BCUT2D eigenvalue weighted by Gasteiger charge is -2.33. The molecule has 1 aliphatic rings. The number of nitrogens with one attached hydrogen (secondary N) is 1. The molecule has 106 valence electrons. The van der Waals surface area contributed by atoms with Crippen LogP contribution in [0.25, 0.3) is 0 Å². The first-order chi connectivity index (χ1) is 9.08. The second-order valence-corrected chi connectivity index (χ2v) is 6.52. The molecular formula is C13H22N4OS. The number of rotatable bonds is 4. The largest absolute Gasteiger partial charge is 0.348 e. The molecule has 0 bridgehead atoms. The van der Waals surface area contributed by atoms with Crippen molar-refractivity contribution in [2.24, 2.45) is 5.92 Å². The van der Waals surface area contributed by atoms with Crippen LogP contribution in [-0.2, 0) is 0 Å². The van der Waals surface area contributed by atoms with Crippen LogP contribution in [0.4, 0.5) is 0 Å². The molecule has 2 rings (SSSR count). The summed E-state index contributed by atoms with van der Waals surface area (Å²) in [5, 5.41) is 7.07. The van der Waals surface area contributed by atoms with Gasteiger partial charge in [0, 0.05) is 12.6 Å². The van der Waals surface area contributed by atoms with Crippen LogP contribution < -0.4 is 5.32 Å².